The second-order valence-electron chi connectivity index (χ2n) is 7.25. The third-order valence-electron chi connectivity index (χ3n) is 5.39. The number of ketones is 1. The highest BCUT2D eigenvalue weighted by atomic mass is 32.1. The molecule has 4 rings (SSSR count). The molecule has 3 heterocycles. The molecule has 0 spiro atoms. The first kappa shape index (κ1) is 18.2. The van der Waals surface area contributed by atoms with Gasteiger partial charge in [0.2, 0.25) is 5.91 Å². The number of rotatable bonds is 6. The molecular weight excluding hydrogens is 360 g/mol. The lowest BCUT2D eigenvalue weighted by Crippen LogP contribution is -3.13. The number of nitrogens with one attached hydrogen (secondary N) is 1. The predicted octanol–water partition coefficient (Wildman–Crippen LogP) is 1.57. The van der Waals surface area contributed by atoms with Crippen LogP contribution in [0.1, 0.15) is 33.6 Å². The van der Waals surface area contributed by atoms with E-state index in [2.05, 4.69) is 18.2 Å². The van der Waals surface area contributed by atoms with Crippen molar-refractivity contribution in [3.63, 3.8) is 0 Å². The lowest BCUT2D eigenvalue weighted by atomic mass is 10.1. The minimum Gasteiger partial charge on any atom is -0.493 e. The molecule has 2 aliphatic rings. The highest BCUT2D eigenvalue weighted by molar-refractivity contribution is 7.12. The van der Waals surface area contributed by atoms with Gasteiger partial charge in [0.25, 0.3) is 0 Å². The number of quaternary nitrogens is 1. The van der Waals surface area contributed by atoms with Crippen LogP contribution in [-0.4, -0.2) is 49.4 Å². The van der Waals surface area contributed by atoms with Crippen LogP contribution in [0.25, 0.3) is 0 Å². The smallest absolute Gasteiger partial charge is 0.223 e. The van der Waals surface area contributed by atoms with Crippen molar-refractivity contribution < 1.29 is 19.2 Å². The van der Waals surface area contributed by atoms with Gasteiger partial charge >= 0.3 is 0 Å². The molecule has 2 aliphatic heterocycles. The van der Waals surface area contributed by atoms with Crippen LogP contribution >= 0.6 is 11.3 Å². The molecule has 0 bridgehead atoms. The Kier molecular flexibility index (Phi) is 5.55. The lowest BCUT2D eigenvalue weighted by Gasteiger charge is -2.32. The van der Waals surface area contributed by atoms with Crippen LogP contribution in [0, 0.1) is 0 Å². The van der Waals surface area contributed by atoms with Gasteiger partial charge in [0, 0.05) is 24.8 Å². The van der Waals surface area contributed by atoms with E-state index >= 15 is 0 Å². The first-order valence-electron chi connectivity index (χ1n) is 9.62. The van der Waals surface area contributed by atoms with Crippen molar-refractivity contribution in [2.75, 3.05) is 32.8 Å². The Hall–Kier alpha value is -2.18. The minimum absolute atomic E-state index is 0.0724. The maximum Gasteiger partial charge on any atom is 0.223 e. The standard InChI is InChI=1S/C21H24N2O3S/c24-18(20-2-1-13-27-20)4-6-21(25)23-10-8-22(9-11-23)15-16-3-5-19-17(14-16)7-12-26-19/h1-3,5,13-14H,4,6-12,15H2/p+1. The van der Waals surface area contributed by atoms with Gasteiger partial charge in [-0.05, 0) is 35.2 Å². The van der Waals surface area contributed by atoms with Gasteiger partial charge in [0.05, 0.1) is 37.7 Å². The summed E-state index contributed by atoms with van der Waals surface area (Å²) in [6.07, 6.45) is 1.63. The molecular formula is C21H25N2O3S+. The fraction of sp³-hybridized carbons (Fsp3) is 0.429. The molecule has 0 saturated carbocycles. The summed E-state index contributed by atoms with van der Waals surface area (Å²) in [5, 5.41) is 1.89. The molecule has 1 N–H and O–H groups in total. The van der Waals surface area contributed by atoms with E-state index < -0.39 is 0 Å². The largest absolute Gasteiger partial charge is 0.493 e. The number of amides is 1. The zero-order chi connectivity index (χ0) is 18.6. The van der Waals surface area contributed by atoms with E-state index in [-0.39, 0.29) is 11.7 Å². The fourth-order valence-corrected chi connectivity index (χ4v) is 4.52. The van der Waals surface area contributed by atoms with Gasteiger partial charge in [-0.3, -0.25) is 9.59 Å². The number of hydrogen-bond donors (Lipinski definition) is 1. The van der Waals surface area contributed by atoms with Gasteiger partial charge in [0.15, 0.2) is 5.78 Å². The number of ether oxygens (including phenoxy) is 1. The van der Waals surface area contributed by atoms with Crippen LogP contribution in [0.4, 0.5) is 0 Å². The van der Waals surface area contributed by atoms with Gasteiger partial charge < -0.3 is 14.5 Å². The highest BCUT2D eigenvalue weighted by Crippen LogP contribution is 2.25. The molecule has 1 amide bonds. The summed E-state index contributed by atoms with van der Waals surface area (Å²) in [6, 6.07) is 10.2. The van der Waals surface area contributed by atoms with E-state index in [0.717, 1.165) is 56.4 Å². The van der Waals surface area contributed by atoms with Crippen molar-refractivity contribution in [1.29, 1.82) is 0 Å². The van der Waals surface area contributed by atoms with E-state index in [0.29, 0.717) is 12.8 Å². The number of thiophene rings is 1. The second kappa shape index (κ2) is 8.23. The summed E-state index contributed by atoms with van der Waals surface area (Å²) < 4.78 is 5.57. The van der Waals surface area contributed by atoms with Crippen molar-refractivity contribution in [3.8, 4) is 5.75 Å². The van der Waals surface area contributed by atoms with Crippen molar-refractivity contribution in [2.45, 2.75) is 25.8 Å². The van der Waals surface area contributed by atoms with E-state index in [1.165, 1.54) is 27.4 Å². The lowest BCUT2D eigenvalue weighted by molar-refractivity contribution is -0.917. The van der Waals surface area contributed by atoms with Crippen LogP contribution in [0.5, 0.6) is 5.75 Å². The Balaban J connectivity index is 1.22. The molecule has 0 unspecified atom stereocenters. The zero-order valence-electron chi connectivity index (χ0n) is 15.4. The molecule has 1 fully saturated rings. The van der Waals surface area contributed by atoms with Gasteiger partial charge in [-0.15, -0.1) is 11.3 Å². The van der Waals surface area contributed by atoms with Gasteiger partial charge in [-0.2, -0.15) is 0 Å². The molecule has 0 radical (unpaired) electrons. The summed E-state index contributed by atoms with van der Waals surface area (Å²) in [7, 11) is 0. The molecule has 6 heteroatoms. The Morgan fingerprint density at radius 1 is 1.15 bits per heavy atom. The number of piperazine rings is 1. The molecule has 2 aromatic rings. The third-order valence-corrected chi connectivity index (χ3v) is 6.30. The van der Waals surface area contributed by atoms with E-state index in [1.54, 1.807) is 0 Å². The molecule has 1 saturated heterocycles. The quantitative estimate of drug-likeness (QED) is 0.768. The van der Waals surface area contributed by atoms with Crippen LogP contribution in [0.15, 0.2) is 35.7 Å². The van der Waals surface area contributed by atoms with E-state index in [9.17, 15) is 9.59 Å². The zero-order valence-corrected chi connectivity index (χ0v) is 16.2. The average molecular weight is 386 g/mol. The first-order chi connectivity index (χ1) is 13.2. The van der Waals surface area contributed by atoms with E-state index in [1.807, 2.05) is 22.4 Å². The Labute approximate surface area is 163 Å². The molecule has 27 heavy (non-hydrogen) atoms. The first-order valence-corrected chi connectivity index (χ1v) is 10.5. The van der Waals surface area contributed by atoms with Gasteiger partial charge in [0.1, 0.15) is 12.3 Å². The highest BCUT2D eigenvalue weighted by Gasteiger charge is 2.24. The molecule has 1 aromatic carbocycles. The Morgan fingerprint density at radius 2 is 2.00 bits per heavy atom. The number of carbonyl (C=O) groups excluding carboxylic acids is 2. The maximum absolute atomic E-state index is 12.4. The molecule has 0 atom stereocenters. The van der Waals surface area contributed by atoms with Crippen LogP contribution in [-0.2, 0) is 17.8 Å². The predicted molar refractivity (Wildman–Crippen MR) is 105 cm³/mol. The number of carbonyl (C=O) groups is 2. The number of Topliss-reactive ketones (excluding diaryl/α,β-unsaturated/α-hetero) is 1. The van der Waals surface area contributed by atoms with Crippen LogP contribution in [0.2, 0.25) is 0 Å². The molecule has 1 aromatic heterocycles. The van der Waals surface area contributed by atoms with Crippen molar-refractivity contribution >= 4 is 23.0 Å². The summed E-state index contributed by atoms with van der Waals surface area (Å²) in [4.78, 5) is 28.6. The van der Waals surface area contributed by atoms with E-state index in [4.69, 9.17) is 4.74 Å². The monoisotopic (exact) mass is 385 g/mol. The Bertz CT molecular complexity index is 811. The average Bonchev–Trinajstić information content (AvgIpc) is 3.38. The van der Waals surface area contributed by atoms with Gasteiger partial charge in [-0.1, -0.05) is 6.07 Å². The van der Waals surface area contributed by atoms with Crippen molar-refractivity contribution in [1.82, 2.24) is 4.90 Å². The van der Waals surface area contributed by atoms with Crippen molar-refractivity contribution in [3.05, 3.63) is 51.7 Å². The van der Waals surface area contributed by atoms with Gasteiger partial charge in [-0.25, -0.2) is 0 Å². The summed E-state index contributed by atoms with van der Waals surface area (Å²) in [6.45, 7) is 5.24. The second-order valence-corrected chi connectivity index (χ2v) is 8.20. The van der Waals surface area contributed by atoms with Crippen LogP contribution in [0.3, 0.4) is 0 Å². The molecule has 5 nitrogen and oxygen atoms in total. The molecule has 142 valence electrons. The Morgan fingerprint density at radius 3 is 2.78 bits per heavy atom. The number of nitrogens with zero attached hydrogens (tertiary/aromatic N) is 1. The van der Waals surface area contributed by atoms with Crippen LogP contribution < -0.4 is 9.64 Å². The van der Waals surface area contributed by atoms with Crippen molar-refractivity contribution in [2.24, 2.45) is 0 Å². The third kappa shape index (κ3) is 4.39. The number of fused-ring (bicyclic) bond motifs is 1. The topological polar surface area (TPSA) is 51.0 Å². The SMILES string of the molecule is O=C(CCC(=O)N1CC[NH+](Cc2ccc3c(c2)CCO3)CC1)c1cccs1. The fourth-order valence-electron chi connectivity index (χ4n) is 3.83. The maximum atomic E-state index is 12.4. The molecule has 0 aliphatic carbocycles. The normalized spacial score (nSPS) is 16.8. The summed E-state index contributed by atoms with van der Waals surface area (Å²) in [5.41, 5.74) is 2.66. The summed E-state index contributed by atoms with van der Waals surface area (Å²) in [5.74, 6) is 1.21. The summed E-state index contributed by atoms with van der Waals surface area (Å²) >= 11 is 1.44. The number of hydrogen-bond acceptors (Lipinski definition) is 4. The number of benzene rings is 1. The minimum atomic E-state index is 0.0724.